The molecule has 3 N–H and O–H groups in total. The highest BCUT2D eigenvalue weighted by atomic mass is 35.5. The minimum atomic E-state index is -4.47. The van der Waals surface area contributed by atoms with Crippen molar-refractivity contribution in [2.45, 2.75) is 50.6 Å². The van der Waals surface area contributed by atoms with Crippen LogP contribution in [0.5, 0.6) is 0 Å². The third kappa shape index (κ3) is 5.03. The summed E-state index contributed by atoms with van der Waals surface area (Å²) in [5.74, 6) is -0.327. The average Bonchev–Trinajstić information content (AvgIpc) is 3.12. The zero-order valence-electron chi connectivity index (χ0n) is 12.4. The highest BCUT2D eigenvalue weighted by molar-refractivity contribution is 7.09. The lowest BCUT2D eigenvalue weighted by molar-refractivity contribution is -0.140. The monoisotopic (exact) mass is 373 g/mol. The van der Waals surface area contributed by atoms with Crippen molar-refractivity contribution >= 4 is 29.7 Å². The van der Waals surface area contributed by atoms with Crippen molar-refractivity contribution < 1.29 is 22.7 Å². The van der Waals surface area contributed by atoms with Crippen molar-refractivity contribution in [1.82, 2.24) is 10.3 Å². The fourth-order valence-electron chi connectivity index (χ4n) is 2.25. The molecule has 2 rings (SSSR count). The first-order chi connectivity index (χ1) is 10.3. The van der Waals surface area contributed by atoms with Crippen LogP contribution < -0.4 is 11.1 Å². The van der Waals surface area contributed by atoms with E-state index >= 15 is 0 Å². The Morgan fingerprint density at radius 3 is 2.74 bits per heavy atom. The molecular formula is C13H19ClF3N3O2S. The second kappa shape index (κ2) is 8.27. The summed E-state index contributed by atoms with van der Waals surface area (Å²) in [6.07, 6.45) is -3.47. The number of hydrogen-bond donors (Lipinski definition) is 2. The van der Waals surface area contributed by atoms with E-state index in [1.165, 1.54) is 0 Å². The van der Waals surface area contributed by atoms with Crippen LogP contribution in [0.2, 0.25) is 0 Å². The number of carbonyl (C=O) groups is 1. The third-order valence-corrected chi connectivity index (χ3v) is 4.46. The van der Waals surface area contributed by atoms with Gasteiger partial charge in [-0.15, -0.1) is 23.7 Å². The van der Waals surface area contributed by atoms with Gasteiger partial charge in [0.2, 0.25) is 5.91 Å². The lowest BCUT2D eigenvalue weighted by Crippen LogP contribution is -2.37. The number of nitrogens with two attached hydrogens (primary N) is 1. The summed E-state index contributed by atoms with van der Waals surface area (Å²) >= 11 is 0.892. The molecule has 1 aliphatic heterocycles. The number of amides is 1. The normalized spacial score (nSPS) is 22.5. The lowest BCUT2D eigenvalue weighted by atomic mass is 10.1. The zero-order chi connectivity index (χ0) is 16.3. The van der Waals surface area contributed by atoms with E-state index in [2.05, 4.69) is 10.3 Å². The van der Waals surface area contributed by atoms with Gasteiger partial charge in [-0.25, -0.2) is 4.98 Å². The number of nitrogens with one attached hydrogen (secondary N) is 1. The van der Waals surface area contributed by atoms with Crippen molar-refractivity contribution in [2.24, 2.45) is 5.73 Å². The number of hydrogen-bond acceptors (Lipinski definition) is 5. The third-order valence-electron chi connectivity index (χ3n) is 3.50. The first-order valence-electron chi connectivity index (χ1n) is 7.03. The van der Waals surface area contributed by atoms with Gasteiger partial charge in [0.1, 0.15) is 11.1 Å². The molecule has 0 radical (unpaired) electrons. The van der Waals surface area contributed by atoms with E-state index in [-0.39, 0.29) is 29.4 Å². The van der Waals surface area contributed by atoms with Gasteiger partial charge in [-0.05, 0) is 19.3 Å². The molecular weight excluding hydrogens is 355 g/mol. The maximum atomic E-state index is 12.6. The van der Waals surface area contributed by atoms with E-state index in [0.29, 0.717) is 25.8 Å². The quantitative estimate of drug-likeness (QED) is 0.831. The molecule has 0 aromatic carbocycles. The lowest BCUT2D eigenvalue weighted by Gasteiger charge is -2.18. The fraction of sp³-hybridized carbons (Fsp3) is 0.692. The molecule has 1 fully saturated rings. The van der Waals surface area contributed by atoms with Crippen LogP contribution >= 0.6 is 23.7 Å². The fourth-order valence-corrected chi connectivity index (χ4v) is 3.21. The number of alkyl halides is 3. The van der Waals surface area contributed by atoms with Crippen molar-refractivity contribution in [1.29, 1.82) is 0 Å². The molecule has 1 aromatic heterocycles. The van der Waals surface area contributed by atoms with E-state index in [1.54, 1.807) is 6.92 Å². The molecule has 10 heteroatoms. The topological polar surface area (TPSA) is 77.2 Å². The van der Waals surface area contributed by atoms with Gasteiger partial charge in [0.15, 0.2) is 5.69 Å². The van der Waals surface area contributed by atoms with Gasteiger partial charge in [0, 0.05) is 11.9 Å². The SMILES string of the molecule is CCC(NC(=O)[C@@H]1CC[C@H](CN)O1)c1nc(C(F)(F)F)cs1.Cl. The van der Waals surface area contributed by atoms with Crippen LogP contribution in [0.25, 0.3) is 0 Å². The molecule has 132 valence electrons. The molecule has 1 saturated heterocycles. The first kappa shape index (κ1) is 20.1. The Bertz CT molecular complexity index is 527. The predicted octanol–water partition coefficient (Wildman–Crippen LogP) is 2.66. The van der Waals surface area contributed by atoms with Crippen LogP contribution in [0, 0.1) is 0 Å². The van der Waals surface area contributed by atoms with E-state index in [0.717, 1.165) is 16.7 Å². The Balaban J connectivity index is 0.00000264. The van der Waals surface area contributed by atoms with Gasteiger partial charge in [0.25, 0.3) is 0 Å². The highest BCUT2D eigenvalue weighted by Crippen LogP contribution is 2.32. The summed E-state index contributed by atoms with van der Waals surface area (Å²) in [4.78, 5) is 15.7. The standard InChI is InChI=1S/C13H18F3N3O2S.ClH/c1-2-8(12-19-10(6-22-12)13(14,15)16)18-11(20)9-4-3-7(5-17)21-9;/h6-9H,2-5,17H2,1H3,(H,18,20);1H/t7-,8?,9+;/m1./s1. The summed E-state index contributed by atoms with van der Waals surface area (Å²) in [5, 5.41) is 3.92. The smallest absolute Gasteiger partial charge is 0.364 e. The van der Waals surface area contributed by atoms with Gasteiger partial charge >= 0.3 is 6.18 Å². The molecule has 23 heavy (non-hydrogen) atoms. The van der Waals surface area contributed by atoms with Gasteiger partial charge in [0.05, 0.1) is 12.1 Å². The van der Waals surface area contributed by atoms with Gasteiger partial charge in [-0.1, -0.05) is 6.92 Å². The molecule has 2 heterocycles. The van der Waals surface area contributed by atoms with Crippen LogP contribution in [0.4, 0.5) is 13.2 Å². The van der Waals surface area contributed by atoms with Gasteiger partial charge in [-0.2, -0.15) is 13.2 Å². The predicted molar refractivity (Wildman–Crippen MR) is 82.5 cm³/mol. The largest absolute Gasteiger partial charge is 0.434 e. The van der Waals surface area contributed by atoms with E-state index in [9.17, 15) is 18.0 Å². The summed E-state index contributed by atoms with van der Waals surface area (Å²) in [6, 6.07) is -0.547. The van der Waals surface area contributed by atoms with Gasteiger partial charge < -0.3 is 15.8 Å². The molecule has 0 saturated carbocycles. The number of nitrogens with zero attached hydrogens (tertiary/aromatic N) is 1. The maximum absolute atomic E-state index is 12.6. The van der Waals surface area contributed by atoms with Crippen molar-refractivity contribution in [3.05, 3.63) is 16.1 Å². The Kier molecular flexibility index (Phi) is 7.25. The number of halogens is 4. The summed E-state index contributed by atoms with van der Waals surface area (Å²) in [6.45, 7) is 2.13. The molecule has 1 aliphatic rings. The van der Waals surface area contributed by atoms with Crippen LogP contribution in [-0.2, 0) is 15.7 Å². The number of ether oxygens (including phenoxy) is 1. The Morgan fingerprint density at radius 2 is 2.26 bits per heavy atom. The summed E-state index contributed by atoms with van der Waals surface area (Å²) in [5.41, 5.74) is 4.56. The molecule has 1 aromatic rings. The van der Waals surface area contributed by atoms with E-state index < -0.39 is 24.0 Å². The van der Waals surface area contributed by atoms with E-state index in [1.807, 2.05) is 0 Å². The van der Waals surface area contributed by atoms with Crippen molar-refractivity contribution in [3.63, 3.8) is 0 Å². The van der Waals surface area contributed by atoms with Crippen LogP contribution in [-0.4, -0.2) is 29.6 Å². The molecule has 3 atom stereocenters. The average molecular weight is 374 g/mol. The summed E-state index contributed by atoms with van der Waals surface area (Å²) < 4.78 is 43.2. The molecule has 0 aliphatic carbocycles. The molecule has 0 bridgehead atoms. The summed E-state index contributed by atoms with van der Waals surface area (Å²) in [7, 11) is 0. The number of rotatable bonds is 5. The number of carbonyl (C=O) groups excluding carboxylic acids is 1. The van der Waals surface area contributed by atoms with E-state index in [4.69, 9.17) is 10.5 Å². The second-order valence-corrected chi connectivity index (χ2v) is 5.99. The van der Waals surface area contributed by atoms with Crippen molar-refractivity contribution in [3.8, 4) is 0 Å². The Hall–Kier alpha value is -0.900. The molecule has 1 amide bonds. The second-order valence-electron chi connectivity index (χ2n) is 5.10. The molecule has 0 spiro atoms. The number of aromatic nitrogens is 1. The maximum Gasteiger partial charge on any atom is 0.434 e. The van der Waals surface area contributed by atoms with Crippen molar-refractivity contribution in [2.75, 3.05) is 6.54 Å². The van der Waals surface area contributed by atoms with Crippen LogP contribution in [0.3, 0.4) is 0 Å². The first-order valence-corrected chi connectivity index (χ1v) is 7.91. The molecule has 5 nitrogen and oxygen atoms in total. The minimum absolute atomic E-state index is 0. The van der Waals surface area contributed by atoms with Crippen LogP contribution in [0.1, 0.15) is 42.9 Å². The molecule has 1 unspecified atom stereocenters. The zero-order valence-corrected chi connectivity index (χ0v) is 14.1. The Labute approximate surface area is 142 Å². The minimum Gasteiger partial charge on any atom is -0.364 e. The van der Waals surface area contributed by atoms with Crippen LogP contribution in [0.15, 0.2) is 5.38 Å². The Morgan fingerprint density at radius 1 is 1.57 bits per heavy atom. The van der Waals surface area contributed by atoms with Gasteiger partial charge in [-0.3, -0.25) is 4.79 Å². The number of thiazole rings is 1. The highest BCUT2D eigenvalue weighted by Gasteiger charge is 2.35.